The van der Waals surface area contributed by atoms with E-state index in [1.54, 1.807) is 19.2 Å². The first-order valence-corrected chi connectivity index (χ1v) is 5.63. The van der Waals surface area contributed by atoms with Crippen molar-refractivity contribution in [2.24, 2.45) is 4.99 Å². The minimum absolute atomic E-state index is 0.268. The highest BCUT2D eigenvalue weighted by atomic mass is 16.6. The Morgan fingerprint density at radius 3 is 2.42 bits per heavy atom. The van der Waals surface area contributed by atoms with Crippen molar-refractivity contribution in [2.45, 2.75) is 12.8 Å². The van der Waals surface area contributed by atoms with E-state index in [9.17, 15) is 5.11 Å². The van der Waals surface area contributed by atoms with Crippen LogP contribution in [0.2, 0.25) is 0 Å². The molecule has 104 valence electrons. The van der Waals surface area contributed by atoms with Crippen LogP contribution in [0.5, 0.6) is 0 Å². The van der Waals surface area contributed by atoms with E-state index in [0.717, 1.165) is 4.58 Å². The Morgan fingerprint density at radius 1 is 1.42 bits per heavy atom. The predicted octanol–water partition coefficient (Wildman–Crippen LogP) is 1.40. The molecule has 0 radical (unpaired) electrons. The lowest BCUT2D eigenvalue weighted by atomic mass is 10.1. The van der Waals surface area contributed by atoms with Gasteiger partial charge in [-0.15, -0.1) is 0 Å². The van der Waals surface area contributed by atoms with Gasteiger partial charge < -0.3 is 15.2 Å². The van der Waals surface area contributed by atoms with Crippen LogP contribution in [-0.2, 0) is 4.74 Å². The number of aliphatic imine (C=N–C) groups is 1. The Balaban J connectivity index is 5.21. The largest absolute Gasteiger partial charge is 0.353 e. The lowest BCUT2D eigenvalue weighted by molar-refractivity contribution is -0.611. The molecule has 0 aliphatic carbocycles. The normalized spacial score (nSPS) is 14.3. The quantitative estimate of drug-likeness (QED) is 0.229. The molecular weight excluding hydrogens is 242 g/mol. The van der Waals surface area contributed by atoms with E-state index in [0.29, 0.717) is 11.4 Å². The van der Waals surface area contributed by atoms with E-state index in [4.69, 9.17) is 4.74 Å². The lowest BCUT2D eigenvalue weighted by Gasteiger charge is -2.25. The monoisotopic (exact) mass is 264 g/mol. The van der Waals surface area contributed by atoms with Crippen LogP contribution < -0.4 is 5.32 Å². The van der Waals surface area contributed by atoms with Gasteiger partial charge in [0.25, 0.3) is 6.34 Å². The van der Waals surface area contributed by atoms with Crippen molar-refractivity contribution in [3.8, 4) is 0 Å². The van der Waals surface area contributed by atoms with Crippen LogP contribution in [0, 0.1) is 0 Å². The number of hydrogen-bond acceptors (Lipinski definition) is 4. The second-order valence-electron chi connectivity index (χ2n) is 3.73. The molecule has 19 heavy (non-hydrogen) atoms. The highest BCUT2D eigenvalue weighted by Gasteiger charge is 2.38. The van der Waals surface area contributed by atoms with Gasteiger partial charge in [0, 0.05) is 14.2 Å². The van der Waals surface area contributed by atoms with Gasteiger partial charge in [-0.25, -0.2) is 0 Å². The fourth-order valence-corrected chi connectivity index (χ4v) is 1.21. The molecule has 0 heterocycles. The van der Waals surface area contributed by atoms with E-state index in [1.165, 1.54) is 13.4 Å². The summed E-state index contributed by atoms with van der Waals surface area (Å²) in [4.78, 5) is 3.95. The minimum Gasteiger partial charge on any atom is -0.353 e. The fourth-order valence-electron chi connectivity index (χ4n) is 1.21. The Morgan fingerprint density at radius 2 is 2.00 bits per heavy atom. The average molecular weight is 264 g/mol. The maximum atomic E-state index is 10.4. The van der Waals surface area contributed by atoms with Crippen LogP contribution >= 0.6 is 0 Å². The van der Waals surface area contributed by atoms with Crippen molar-refractivity contribution >= 4 is 13.1 Å². The minimum atomic E-state index is -1.83. The van der Waals surface area contributed by atoms with Gasteiger partial charge in [-0.2, -0.15) is 4.58 Å². The van der Waals surface area contributed by atoms with Crippen LogP contribution in [-0.4, -0.2) is 42.8 Å². The lowest BCUT2D eigenvalue weighted by Crippen LogP contribution is -2.45. The van der Waals surface area contributed by atoms with Crippen molar-refractivity contribution < 1.29 is 14.4 Å². The standard InChI is InChI=1S/C14H22N3O2/c1-8-9-11(2)12(3)14(18,19-7)17(6)10-16-13(4)15-5/h8-10,15,18H,2-4,6H2,1,5,7H3/q+1/b9-8-,16-10-. The summed E-state index contributed by atoms with van der Waals surface area (Å²) in [5.41, 5.74) is 0.797. The molecule has 0 rings (SSSR count). The first-order valence-electron chi connectivity index (χ1n) is 5.63. The van der Waals surface area contributed by atoms with Crippen molar-refractivity contribution in [3.05, 3.63) is 48.9 Å². The van der Waals surface area contributed by atoms with E-state index < -0.39 is 5.91 Å². The van der Waals surface area contributed by atoms with E-state index in [1.807, 2.05) is 6.92 Å². The van der Waals surface area contributed by atoms with Crippen LogP contribution in [0.3, 0.4) is 0 Å². The zero-order valence-corrected chi connectivity index (χ0v) is 11.8. The molecule has 5 heteroatoms. The summed E-state index contributed by atoms with van der Waals surface area (Å²) in [5, 5.41) is 13.2. The van der Waals surface area contributed by atoms with Gasteiger partial charge >= 0.3 is 5.91 Å². The Kier molecular flexibility index (Phi) is 6.68. The smallest absolute Gasteiger partial charge is 0.352 e. The topological polar surface area (TPSA) is 56.9 Å². The molecule has 0 aliphatic heterocycles. The predicted molar refractivity (Wildman–Crippen MR) is 79.1 cm³/mol. The van der Waals surface area contributed by atoms with Gasteiger partial charge in [0.05, 0.1) is 12.3 Å². The number of aliphatic hydroxyl groups is 1. The van der Waals surface area contributed by atoms with E-state index in [-0.39, 0.29) is 5.57 Å². The molecule has 2 N–H and O–H groups in total. The molecule has 0 fully saturated rings. The van der Waals surface area contributed by atoms with Gasteiger partial charge in [-0.3, -0.25) is 0 Å². The van der Waals surface area contributed by atoms with Gasteiger partial charge in [0.15, 0.2) is 0 Å². The average Bonchev–Trinajstić information content (AvgIpc) is 2.42. The molecular formula is C14H22N3O2+. The molecule has 1 atom stereocenters. The molecule has 0 aromatic rings. The molecule has 0 aromatic carbocycles. The molecule has 0 aromatic heterocycles. The van der Waals surface area contributed by atoms with Crippen molar-refractivity contribution in [1.29, 1.82) is 0 Å². The van der Waals surface area contributed by atoms with Crippen molar-refractivity contribution in [2.75, 3.05) is 14.2 Å². The second-order valence-corrected chi connectivity index (χ2v) is 3.73. The molecule has 0 amide bonds. The summed E-state index contributed by atoms with van der Waals surface area (Å²) in [6.45, 7) is 16.7. The SMILES string of the molecule is C=C(/N=C\[N+](=C)C(O)(OC)C(=C)C(=C)/C=C\C)NC. The van der Waals surface area contributed by atoms with Crippen LogP contribution in [0.4, 0.5) is 0 Å². The number of ether oxygens (including phenoxy) is 1. The summed E-state index contributed by atoms with van der Waals surface area (Å²) in [6.07, 6.45) is 4.79. The van der Waals surface area contributed by atoms with E-state index in [2.05, 4.69) is 36.8 Å². The fraction of sp³-hybridized carbons (Fsp3) is 0.286. The second kappa shape index (κ2) is 7.45. The molecule has 0 saturated carbocycles. The highest BCUT2D eigenvalue weighted by Crippen LogP contribution is 2.23. The molecule has 0 spiro atoms. The molecule has 0 aliphatic rings. The van der Waals surface area contributed by atoms with Crippen molar-refractivity contribution in [1.82, 2.24) is 5.32 Å². The zero-order valence-electron chi connectivity index (χ0n) is 11.8. The van der Waals surface area contributed by atoms with Gasteiger partial charge in [-0.1, -0.05) is 25.3 Å². The number of rotatable bonds is 8. The third-order valence-electron chi connectivity index (χ3n) is 2.46. The number of hydrogen-bond donors (Lipinski definition) is 2. The maximum absolute atomic E-state index is 10.4. The molecule has 5 nitrogen and oxygen atoms in total. The summed E-state index contributed by atoms with van der Waals surface area (Å²) in [5.74, 6) is -1.40. The first-order chi connectivity index (χ1) is 8.83. The Hall–Kier alpha value is -1.98. The van der Waals surface area contributed by atoms with Gasteiger partial charge in [0.2, 0.25) is 5.82 Å². The summed E-state index contributed by atoms with van der Waals surface area (Å²) < 4.78 is 6.21. The number of nitrogens with one attached hydrogen (secondary N) is 1. The zero-order chi connectivity index (χ0) is 15.1. The Bertz CT molecular complexity index is 450. The Labute approximate surface area is 114 Å². The third-order valence-corrected chi connectivity index (χ3v) is 2.46. The van der Waals surface area contributed by atoms with Gasteiger partial charge in [0.1, 0.15) is 0 Å². The van der Waals surface area contributed by atoms with Crippen LogP contribution in [0.15, 0.2) is 53.8 Å². The van der Waals surface area contributed by atoms with Crippen LogP contribution in [0.25, 0.3) is 0 Å². The number of allylic oxidation sites excluding steroid dienone is 2. The van der Waals surface area contributed by atoms with Crippen LogP contribution in [0.1, 0.15) is 6.92 Å². The summed E-state index contributed by atoms with van der Waals surface area (Å²) in [6, 6.07) is 0. The maximum Gasteiger partial charge on any atom is 0.352 e. The first kappa shape index (κ1) is 17.0. The number of methoxy groups -OCH3 is 1. The molecule has 0 saturated heterocycles. The third kappa shape index (κ3) is 4.31. The van der Waals surface area contributed by atoms with Gasteiger partial charge in [-0.05, 0) is 24.1 Å². The molecule has 1 unspecified atom stereocenters. The highest BCUT2D eigenvalue weighted by molar-refractivity contribution is 5.52. The number of nitrogens with zero attached hydrogens (tertiary/aromatic N) is 2. The van der Waals surface area contributed by atoms with Crippen molar-refractivity contribution in [3.63, 3.8) is 0 Å². The van der Waals surface area contributed by atoms with E-state index >= 15 is 0 Å². The summed E-state index contributed by atoms with van der Waals surface area (Å²) in [7, 11) is 3.02. The summed E-state index contributed by atoms with van der Waals surface area (Å²) >= 11 is 0. The molecule has 0 bridgehead atoms.